The van der Waals surface area contributed by atoms with Gasteiger partial charge >= 0.3 is 0 Å². The first-order valence-corrected chi connectivity index (χ1v) is 8.20. The van der Waals surface area contributed by atoms with Gasteiger partial charge in [0, 0.05) is 13.1 Å². The van der Waals surface area contributed by atoms with Crippen LogP contribution >= 0.6 is 0 Å². The SMILES string of the molecule is CCCCCCCCCCCCN(CC)OC.O=[N+]([O-])O. The zero-order chi connectivity index (χ0) is 16.3. The fourth-order valence-corrected chi connectivity index (χ4v) is 2.15. The van der Waals surface area contributed by atoms with E-state index in [1.165, 1.54) is 64.2 Å². The summed E-state index contributed by atoms with van der Waals surface area (Å²) in [5, 5.41) is 15.7. The van der Waals surface area contributed by atoms with Crippen LogP contribution in [-0.2, 0) is 4.84 Å². The van der Waals surface area contributed by atoms with Crippen molar-refractivity contribution in [2.24, 2.45) is 0 Å². The second-order valence-electron chi connectivity index (χ2n) is 5.12. The number of nitrogens with zero attached hydrogens (tertiary/aromatic N) is 2. The molecule has 0 aliphatic rings. The molecule has 0 bridgehead atoms. The van der Waals surface area contributed by atoms with Crippen molar-refractivity contribution in [3.05, 3.63) is 10.1 Å². The van der Waals surface area contributed by atoms with Crippen molar-refractivity contribution < 1.29 is 15.1 Å². The molecular weight excluding hydrogens is 272 g/mol. The van der Waals surface area contributed by atoms with Crippen LogP contribution in [0.1, 0.15) is 78.1 Å². The number of hydrogen-bond acceptors (Lipinski definition) is 4. The predicted molar refractivity (Wildman–Crippen MR) is 84.9 cm³/mol. The van der Waals surface area contributed by atoms with Crippen LogP contribution in [0.3, 0.4) is 0 Å². The Hall–Kier alpha value is -0.880. The Labute approximate surface area is 129 Å². The minimum absolute atomic E-state index is 0.994. The molecule has 0 aromatic rings. The van der Waals surface area contributed by atoms with E-state index < -0.39 is 5.09 Å². The van der Waals surface area contributed by atoms with E-state index in [0.29, 0.717) is 0 Å². The van der Waals surface area contributed by atoms with E-state index in [0.717, 1.165) is 13.1 Å². The highest BCUT2D eigenvalue weighted by atomic mass is 16.9. The minimum Gasteiger partial charge on any atom is -0.328 e. The van der Waals surface area contributed by atoms with E-state index in [-0.39, 0.29) is 0 Å². The summed E-state index contributed by atoms with van der Waals surface area (Å²) in [4.78, 5) is 13.6. The van der Waals surface area contributed by atoms with Crippen molar-refractivity contribution in [3.63, 3.8) is 0 Å². The van der Waals surface area contributed by atoms with E-state index in [9.17, 15) is 0 Å². The average Bonchev–Trinajstić information content (AvgIpc) is 2.44. The van der Waals surface area contributed by atoms with Crippen LogP contribution in [0, 0.1) is 10.1 Å². The van der Waals surface area contributed by atoms with Crippen LogP contribution in [0.5, 0.6) is 0 Å². The standard InChI is InChI=1S/C15H33NO.HNO3/c1-4-6-7-8-9-10-11-12-13-14-15-16(5-2)17-3;2-1(3)4/h4-15H2,1-3H3;(H,2,3,4). The molecule has 0 atom stereocenters. The molecule has 0 heterocycles. The second kappa shape index (κ2) is 19.1. The van der Waals surface area contributed by atoms with Crippen molar-refractivity contribution in [2.45, 2.75) is 78.1 Å². The van der Waals surface area contributed by atoms with Crippen LogP contribution in [0.25, 0.3) is 0 Å². The summed E-state index contributed by atoms with van der Waals surface area (Å²) in [7, 11) is 1.76. The summed E-state index contributed by atoms with van der Waals surface area (Å²) >= 11 is 0. The lowest BCUT2D eigenvalue weighted by Crippen LogP contribution is -2.22. The molecule has 0 unspecified atom stereocenters. The summed E-state index contributed by atoms with van der Waals surface area (Å²) in [6.45, 7) is 6.50. The number of rotatable bonds is 13. The van der Waals surface area contributed by atoms with E-state index in [1.54, 1.807) is 7.11 Å². The topological polar surface area (TPSA) is 75.8 Å². The number of hydroxylamine groups is 2. The molecule has 0 fully saturated rings. The maximum atomic E-state index is 8.36. The minimum atomic E-state index is -1.50. The predicted octanol–water partition coefficient (Wildman–Crippen LogP) is 4.44. The van der Waals surface area contributed by atoms with Gasteiger partial charge in [-0.2, -0.15) is 5.06 Å². The van der Waals surface area contributed by atoms with Gasteiger partial charge < -0.3 is 10.0 Å². The van der Waals surface area contributed by atoms with Crippen LogP contribution < -0.4 is 0 Å². The molecule has 0 saturated carbocycles. The van der Waals surface area contributed by atoms with Gasteiger partial charge in [-0.05, 0) is 6.42 Å². The molecule has 0 aliphatic heterocycles. The third-order valence-corrected chi connectivity index (χ3v) is 3.37. The Balaban J connectivity index is 0. The average molecular weight is 306 g/mol. The second-order valence-corrected chi connectivity index (χ2v) is 5.12. The maximum Gasteiger partial charge on any atom is 0.291 e. The van der Waals surface area contributed by atoms with Gasteiger partial charge in [0.15, 0.2) is 0 Å². The van der Waals surface area contributed by atoms with Crippen molar-refractivity contribution in [1.29, 1.82) is 0 Å². The van der Waals surface area contributed by atoms with Crippen molar-refractivity contribution >= 4 is 0 Å². The van der Waals surface area contributed by atoms with Crippen LogP contribution in [-0.4, -0.2) is 35.6 Å². The highest BCUT2D eigenvalue weighted by Gasteiger charge is 1.98. The zero-order valence-electron chi connectivity index (χ0n) is 14.1. The lowest BCUT2D eigenvalue weighted by Gasteiger charge is -2.16. The van der Waals surface area contributed by atoms with Gasteiger partial charge in [0.1, 0.15) is 0 Å². The van der Waals surface area contributed by atoms with E-state index in [2.05, 4.69) is 13.8 Å². The lowest BCUT2D eigenvalue weighted by molar-refractivity contribution is -0.742. The van der Waals surface area contributed by atoms with Gasteiger partial charge in [0.2, 0.25) is 0 Å². The summed E-state index contributed by atoms with van der Waals surface area (Å²) in [5.74, 6) is 0. The zero-order valence-corrected chi connectivity index (χ0v) is 14.1. The number of unbranched alkanes of at least 4 members (excludes halogenated alkanes) is 9. The Morgan fingerprint density at radius 1 is 0.952 bits per heavy atom. The van der Waals surface area contributed by atoms with E-state index in [4.69, 9.17) is 20.2 Å². The Kier molecular flexibility index (Phi) is 20.4. The number of hydrogen-bond donors (Lipinski definition) is 1. The van der Waals surface area contributed by atoms with Crippen LogP contribution in [0.2, 0.25) is 0 Å². The molecule has 0 rings (SSSR count). The molecule has 128 valence electrons. The summed E-state index contributed by atoms with van der Waals surface area (Å²) in [6.07, 6.45) is 14.0. The van der Waals surface area contributed by atoms with Gasteiger partial charge in [0.05, 0.1) is 7.11 Å². The molecule has 0 aliphatic carbocycles. The molecule has 0 radical (unpaired) electrons. The molecule has 0 amide bonds. The quantitative estimate of drug-likeness (QED) is 0.309. The van der Waals surface area contributed by atoms with Gasteiger partial charge in [-0.25, -0.2) is 0 Å². The largest absolute Gasteiger partial charge is 0.328 e. The van der Waals surface area contributed by atoms with Gasteiger partial charge in [0.25, 0.3) is 5.09 Å². The van der Waals surface area contributed by atoms with E-state index >= 15 is 0 Å². The van der Waals surface area contributed by atoms with Gasteiger partial charge in [-0.15, -0.1) is 10.1 Å². The lowest BCUT2D eigenvalue weighted by atomic mass is 10.1. The maximum absolute atomic E-state index is 8.36. The Morgan fingerprint density at radius 3 is 1.67 bits per heavy atom. The molecule has 0 saturated heterocycles. The first-order valence-electron chi connectivity index (χ1n) is 8.20. The molecule has 6 heteroatoms. The molecule has 0 aromatic carbocycles. The van der Waals surface area contributed by atoms with Crippen molar-refractivity contribution in [1.82, 2.24) is 5.06 Å². The molecule has 0 spiro atoms. The third-order valence-electron chi connectivity index (χ3n) is 3.37. The normalized spacial score (nSPS) is 10.3. The summed E-state index contributed by atoms with van der Waals surface area (Å²) < 4.78 is 0. The van der Waals surface area contributed by atoms with Gasteiger partial charge in [-0.1, -0.05) is 71.6 Å². The molecule has 1 N–H and O–H groups in total. The molecular formula is C15H34N2O4. The van der Waals surface area contributed by atoms with Crippen LogP contribution in [0.4, 0.5) is 0 Å². The highest BCUT2D eigenvalue weighted by molar-refractivity contribution is 4.49. The fraction of sp³-hybridized carbons (Fsp3) is 1.00. The molecule has 0 aromatic heterocycles. The fourth-order valence-electron chi connectivity index (χ4n) is 2.15. The van der Waals surface area contributed by atoms with Crippen molar-refractivity contribution in [2.75, 3.05) is 20.2 Å². The van der Waals surface area contributed by atoms with Crippen LogP contribution in [0.15, 0.2) is 0 Å². The summed E-state index contributed by atoms with van der Waals surface area (Å²) in [5.41, 5.74) is 0. The first-order chi connectivity index (χ1) is 10.1. The van der Waals surface area contributed by atoms with Crippen molar-refractivity contribution in [3.8, 4) is 0 Å². The molecule has 21 heavy (non-hydrogen) atoms. The van der Waals surface area contributed by atoms with Gasteiger partial charge in [-0.3, -0.25) is 0 Å². The highest BCUT2D eigenvalue weighted by Crippen LogP contribution is 2.10. The smallest absolute Gasteiger partial charge is 0.291 e. The monoisotopic (exact) mass is 306 g/mol. The first kappa shape index (κ1) is 22.4. The Bertz CT molecular complexity index is 208. The van der Waals surface area contributed by atoms with E-state index in [1.807, 2.05) is 5.06 Å². The Morgan fingerprint density at radius 2 is 1.33 bits per heavy atom. The third kappa shape index (κ3) is 24.5. The molecule has 6 nitrogen and oxygen atoms in total. The summed E-state index contributed by atoms with van der Waals surface area (Å²) in [6, 6.07) is 0.